The zero-order valence-electron chi connectivity index (χ0n) is 15.7. The average molecular weight is 377 g/mol. The number of aliphatic carboxylic acids is 1. The zero-order valence-corrected chi connectivity index (χ0v) is 15.7. The number of nitrogens with two attached hydrogens (primary N) is 1. The molecule has 2 atom stereocenters. The van der Waals surface area contributed by atoms with E-state index in [-0.39, 0.29) is 5.92 Å². The summed E-state index contributed by atoms with van der Waals surface area (Å²) in [7, 11) is 0. The maximum atomic E-state index is 12.6. The van der Waals surface area contributed by atoms with Crippen molar-refractivity contribution in [3.05, 3.63) is 35.9 Å². The minimum atomic E-state index is -1.33. The van der Waals surface area contributed by atoms with Crippen molar-refractivity contribution in [1.82, 2.24) is 0 Å². The van der Waals surface area contributed by atoms with Gasteiger partial charge >= 0.3 is 17.9 Å². The first-order chi connectivity index (χ1) is 12.8. The van der Waals surface area contributed by atoms with E-state index in [1.165, 1.54) is 0 Å². The van der Waals surface area contributed by atoms with Crippen molar-refractivity contribution in [2.45, 2.75) is 58.3 Å². The Bertz CT molecular complexity index is 666. The minimum absolute atomic E-state index is 0.319. The lowest BCUT2D eigenvalue weighted by molar-refractivity contribution is -0.184. The molecule has 0 bridgehead atoms. The molecule has 1 aromatic rings. The molecule has 148 valence electrons. The molecular weight excluding hydrogens is 350 g/mol. The van der Waals surface area contributed by atoms with Crippen LogP contribution >= 0.6 is 0 Å². The summed E-state index contributed by atoms with van der Waals surface area (Å²) in [5, 5.41) is 9.67. The van der Waals surface area contributed by atoms with Gasteiger partial charge in [-0.3, -0.25) is 9.59 Å². The van der Waals surface area contributed by atoms with E-state index < -0.39 is 35.7 Å². The van der Waals surface area contributed by atoms with E-state index in [2.05, 4.69) is 0 Å². The van der Waals surface area contributed by atoms with Crippen LogP contribution in [0.2, 0.25) is 0 Å². The molecule has 0 aliphatic heterocycles. The van der Waals surface area contributed by atoms with E-state index in [4.69, 9.17) is 15.2 Å². The maximum Gasteiger partial charge on any atom is 0.341 e. The number of carboxylic acid groups (broad SMARTS) is 1. The highest BCUT2D eigenvalue weighted by atomic mass is 16.7. The van der Waals surface area contributed by atoms with Crippen molar-refractivity contribution >= 4 is 17.9 Å². The first-order valence-corrected chi connectivity index (χ1v) is 9.23. The van der Waals surface area contributed by atoms with Gasteiger partial charge in [-0.15, -0.1) is 0 Å². The summed E-state index contributed by atoms with van der Waals surface area (Å²) in [5.74, 6) is -2.89. The first-order valence-electron chi connectivity index (χ1n) is 9.23. The Balaban J connectivity index is 2.09. The highest BCUT2D eigenvalue weighted by Crippen LogP contribution is 2.39. The SMILES string of the molecule is CC(C)C(OC(=O)c1ccccc1)OC(=O)C(N)C1(C(=O)O)CCCCC1. The van der Waals surface area contributed by atoms with Crippen LogP contribution in [0.1, 0.15) is 56.3 Å². The molecule has 2 unspecified atom stereocenters. The molecule has 1 aliphatic rings. The van der Waals surface area contributed by atoms with Crippen LogP contribution < -0.4 is 5.73 Å². The predicted octanol–water partition coefficient (Wildman–Crippen LogP) is 2.73. The van der Waals surface area contributed by atoms with Crippen LogP contribution in [0.4, 0.5) is 0 Å². The van der Waals surface area contributed by atoms with E-state index in [1.807, 2.05) is 0 Å². The summed E-state index contributed by atoms with van der Waals surface area (Å²) in [5.41, 5.74) is 5.02. The molecule has 1 saturated carbocycles. The van der Waals surface area contributed by atoms with Gasteiger partial charge in [0.1, 0.15) is 6.04 Å². The molecule has 1 aromatic carbocycles. The molecule has 0 heterocycles. The fourth-order valence-corrected chi connectivity index (χ4v) is 3.30. The molecule has 0 saturated heterocycles. The number of carbonyl (C=O) groups is 3. The van der Waals surface area contributed by atoms with E-state index in [9.17, 15) is 19.5 Å². The second kappa shape index (κ2) is 8.99. The monoisotopic (exact) mass is 377 g/mol. The summed E-state index contributed by atoms with van der Waals surface area (Å²) >= 11 is 0. The standard InChI is InChI=1S/C20H27NO6/c1-13(2)18(26-16(22)14-9-5-3-6-10-14)27-17(23)15(21)20(19(24)25)11-7-4-8-12-20/h3,5-6,9-10,13,15,18H,4,7-8,11-12,21H2,1-2H3,(H,24,25). The topological polar surface area (TPSA) is 116 Å². The molecule has 0 radical (unpaired) electrons. The lowest BCUT2D eigenvalue weighted by Gasteiger charge is -2.37. The summed E-state index contributed by atoms with van der Waals surface area (Å²) < 4.78 is 10.6. The molecule has 2 rings (SSSR count). The van der Waals surface area contributed by atoms with Gasteiger partial charge in [0.05, 0.1) is 11.0 Å². The Morgan fingerprint density at radius 2 is 1.63 bits per heavy atom. The zero-order chi connectivity index (χ0) is 20.0. The molecule has 27 heavy (non-hydrogen) atoms. The third kappa shape index (κ3) is 4.86. The highest BCUT2D eigenvalue weighted by molar-refractivity contribution is 5.90. The van der Waals surface area contributed by atoms with E-state index in [1.54, 1.807) is 44.2 Å². The van der Waals surface area contributed by atoms with Crippen molar-refractivity contribution in [2.24, 2.45) is 17.1 Å². The van der Waals surface area contributed by atoms with Gasteiger partial charge < -0.3 is 20.3 Å². The molecule has 1 aliphatic carbocycles. The number of benzene rings is 1. The number of hydrogen-bond donors (Lipinski definition) is 2. The Kier molecular flexibility index (Phi) is 6.96. The molecule has 1 fully saturated rings. The Morgan fingerprint density at radius 3 is 2.15 bits per heavy atom. The van der Waals surface area contributed by atoms with Gasteiger partial charge in [0, 0.05) is 5.92 Å². The first kappa shape index (κ1) is 20.9. The van der Waals surface area contributed by atoms with Crippen molar-refractivity contribution in [2.75, 3.05) is 0 Å². The van der Waals surface area contributed by atoms with Gasteiger partial charge in [-0.05, 0) is 25.0 Å². The second-order valence-corrected chi connectivity index (χ2v) is 7.32. The molecule has 0 spiro atoms. The molecular formula is C20H27NO6. The third-order valence-electron chi connectivity index (χ3n) is 5.03. The Labute approximate surface area is 158 Å². The maximum absolute atomic E-state index is 12.6. The van der Waals surface area contributed by atoms with Gasteiger partial charge in [0.15, 0.2) is 0 Å². The van der Waals surface area contributed by atoms with E-state index in [0.717, 1.165) is 6.42 Å². The fourth-order valence-electron chi connectivity index (χ4n) is 3.30. The van der Waals surface area contributed by atoms with Crippen molar-refractivity contribution in [1.29, 1.82) is 0 Å². The number of carbonyl (C=O) groups excluding carboxylic acids is 2. The summed E-state index contributed by atoms with van der Waals surface area (Å²) in [4.78, 5) is 36.7. The summed E-state index contributed by atoms with van der Waals surface area (Å²) in [6, 6.07) is 7.03. The van der Waals surface area contributed by atoms with Crippen LogP contribution in [0.3, 0.4) is 0 Å². The molecule has 0 amide bonds. The van der Waals surface area contributed by atoms with E-state index >= 15 is 0 Å². The van der Waals surface area contributed by atoms with E-state index in [0.29, 0.717) is 31.2 Å². The van der Waals surface area contributed by atoms with Crippen LogP contribution in [-0.2, 0) is 19.1 Å². The largest absolute Gasteiger partial charge is 0.481 e. The van der Waals surface area contributed by atoms with Gasteiger partial charge in [-0.1, -0.05) is 51.3 Å². The summed E-state index contributed by atoms with van der Waals surface area (Å²) in [6.45, 7) is 3.46. The van der Waals surface area contributed by atoms with Crippen molar-refractivity contribution in [3.8, 4) is 0 Å². The smallest absolute Gasteiger partial charge is 0.341 e. The van der Waals surface area contributed by atoms with Gasteiger partial charge in [-0.25, -0.2) is 4.79 Å². The number of rotatable bonds is 7. The van der Waals surface area contributed by atoms with Gasteiger partial charge in [0.25, 0.3) is 0 Å². The fraction of sp³-hybridized carbons (Fsp3) is 0.550. The lowest BCUT2D eigenvalue weighted by atomic mass is 9.69. The molecule has 3 N–H and O–H groups in total. The second-order valence-electron chi connectivity index (χ2n) is 7.32. The molecule has 7 nitrogen and oxygen atoms in total. The predicted molar refractivity (Wildman–Crippen MR) is 97.7 cm³/mol. The number of esters is 2. The lowest BCUT2D eigenvalue weighted by Crippen LogP contribution is -2.54. The quantitative estimate of drug-likeness (QED) is 0.554. The number of hydrogen-bond acceptors (Lipinski definition) is 6. The van der Waals surface area contributed by atoms with Crippen LogP contribution in [0, 0.1) is 11.3 Å². The number of ether oxygens (including phenoxy) is 2. The number of carboxylic acids is 1. The van der Waals surface area contributed by atoms with Crippen LogP contribution in [0.25, 0.3) is 0 Å². The minimum Gasteiger partial charge on any atom is -0.481 e. The molecule has 7 heteroatoms. The van der Waals surface area contributed by atoms with Gasteiger partial charge in [0.2, 0.25) is 6.29 Å². The van der Waals surface area contributed by atoms with Crippen LogP contribution in [-0.4, -0.2) is 35.3 Å². The third-order valence-corrected chi connectivity index (χ3v) is 5.03. The van der Waals surface area contributed by atoms with Crippen LogP contribution in [0.15, 0.2) is 30.3 Å². The van der Waals surface area contributed by atoms with Gasteiger partial charge in [-0.2, -0.15) is 0 Å². The highest BCUT2D eigenvalue weighted by Gasteiger charge is 2.49. The average Bonchev–Trinajstić information content (AvgIpc) is 2.67. The molecule has 0 aromatic heterocycles. The Hall–Kier alpha value is -2.41. The van der Waals surface area contributed by atoms with Crippen molar-refractivity contribution < 1.29 is 29.0 Å². The summed E-state index contributed by atoms with van der Waals surface area (Å²) in [6.07, 6.45) is 1.82. The van der Waals surface area contributed by atoms with Crippen molar-refractivity contribution in [3.63, 3.8) is 0 Å². The normalized spacial score (nSPS) is 18.4. The Morgan fingerprint density at radius 1 is 1.04 bits per heavy atom. The van der Waals surface area contributed by atoms with Crippen LogP contribution in [0.5, 0.6) is 0 Å².